The molecule has 0 aliphatic heterocycles. The third kappa shape index (κ3) is 3.38. The van der Waals surface area contributed by atoms with Gasteiger partial charge in [-0.05, 0) is 65.3 Å². The summed E-state index contributed by atoms with van der Waals surface area (Å²) in [4.78, 5) is 3.74. The Balaban J connectivity index is 2.04. The monoisotopic (exact) mass is 348 g/mol. The molecule has 0 radical (unpaired) electrons. The van der Waals surface area contributed by atoms with Crippen molar-refractivity contribution in [2.75, 3.05) is 6.61 Å². The second-order valence-electron chi connectivity index (χ2n) is 5.85. The first-order valence-electron chi connectivity index (χ1n) is 7.46. The highest BCUT2D eigenvalue weighted by atomic mass is 32.2. The van der Waals surface area contributed by atoms with Gasteiger partial charge in [0.25, 0.3) is 0 Å². The second-order valence-corrected chi connectivity index (χ2v) is 7.41. The van der Waals surface area contributed by atoms with Crippen molar-refractivity contribution in [1.29, 1.82) is 0 Å². The Labute approximate surface area is 139 Å². The number of nitrogens with two attached hydrogens (primary N) is 1. The molecule has 3 N–H and O–H groups in total. The van der Waals surface area contributed by atoms with E-state index in [0.717, 1.165) is 22.3 Å². The number of rotatable bonds is 4. The number of primary sulfonamides is 1. The largest absolute Gasteiger partial charge is 0.396 e. The van der Waals surface area contributed by atoms with E-state index in [0.29, 0.717) is 12.8 Å². The van der Waals surface area contributed by atoms with Gasteiger partial charge >= 0.3 is 0 Å². The lowest BCUT2D eigenvalue weighted by Gasteiger charge is -2.09. The zero-order valence-electron chi connectivity index (χ0n) is 12.8. The summed E-state index contributed by atoms with van der Waals surface area (Å²) >= 11 is 0. The van der Waals surface area contributed by atoms with E-state index >= 15 is 0 Å². The van der Waals surface area contributed by atoms with E-state index in [9.17, 15) is 17.9 Å². The van der Waals surface area contributed by atoms with Gasteiger partial charge in [0.05, 0.1) is 4.90 Å². The molecule has 0 saturated heterocycles. The van der Waals surface area contributed by atoms with Crippen LogP contribution in [0.4, 0.5) is 4.39 Å². The summed E-state index contributed by atoms with van der Waals surface area (Å²) in [6.45, 7) is 0.0525. The van der Waals surface area contributed by atoms with Crippen molar-refractivity contribution in [1.82, 2.24) is 4.98 Å². The Kier molecular flexibility index (Phi) is 4.49. The van der Waals surface area contributed by atoms with Crippen LogP contribution in [0.3, 0.4) is 0 Å². The number of aliphatic hydroxyl groups is 1. The summed E-state index contributed by atoms with van der Waals surface area (Å²) < 4.78 is 35.8. The standard InChI is InChI=1S/C17H17FN2O3S/c18-17-6-3-13(9-20-17)16-8-11(10-21)7-15(16)12-1-4-14(5-2-12)24(19,22)23/h1-6,9,11,21H,7-8,10H2,(H2,19,22,23). The molecule has 3 rings (SSSR count). The second kappa shape index (κ2) is 6.43. The number of aromatic nitrogens is 1. The van der Waals surface area contributed by atoms with Crippen LogP contribution in [0.15, 0.2) is 47.5 Å². The van der Waals surface area contributed by atoms with Crippen molar-refractivity contribution >= 4 is 21.2 Å². The highest BCUT2D eigenvalue weighted by molar-refractivity contribution is 7.89. The molecule has 0 spiro atoms. The van der Waals surface area contributed by atoms with Gasteiger partial charge in [-0.25, -0.2) is 18.5 Å². The molecule has 0 bridgehead atoms. The first-order valence-corrected chi connectivity index (χ1v) is 9.01. The van der Waals surface area contributed by atoms with Gasteiger partial charge in [-0.15, -0.1) is 0 Å². The molecular weight excluding hydrogens is 331 g/mol. The van der Waals surface area contributed by atoms with E-state index < -0.39 is 16.0 Å². The third-order valence-corrected chi connectivity index (χ3v) is 5.14. The molecule has 0 amide bonds. The molecule has 1 heterocycles. The van der Waals surface area contributed by atoms with E-state index in [1.165, 1.54) is 24.4 Å². The van der Waals surface area contributed by atoms with E-state index in [4.69, 9.17) is 5.14 Å². The average molecular weight is 348 g/mol. The van der Waals surface area contributed by atoms with Crippen molar-refractivity contribution in [3.05, 3.63) is 59.7 Å². The molecular formula is C17H17FN2O3S. The van der Waals surface area contributed by atoms with Gasteiger partial charge in [-0.1, -0.05) is 12.1 Å². The number of hydrogen-bond donors (Lipinski definition) is 2. The van der Waals surface area contributed by atoms with E-state index in [2.05, 4.69) is 4.98 Å². The van der Waals surface area contributed by atoms with Crippen molar-refractivity contribution in [3.63, 3.8) is 0 Å². The molecule has 7 heteroatoms. The smallest absolute Gasteiger partial charge is 0.238 e. The minimum absolute atomic E-state index is 0.0496. The number of allylic oxidation sites excluding steroid dienone is 2. The maximum Gasteiger partial charge on any atom is 0.238 e. The Morgan fingerprint density at radius 2 is 1.67 bits per heavy atom. The summed E-state index contributed by atoms with van der Waals surface area (Å²) in [7, 11) is -3.74. The van der Waals surface area contributed by atoms with Gasteiger partial charge < -0.3 is 5.11 Å². The number of halogens is 1. The molecule has 1 aromatic carbocycles. The van der Waals surface area contributed by atoms with E-state index in [1.54, 1.807) is 18.2 Å². The number of benzene rings is 1. The van der Waals surface area contributed by atoms with E-state index in [1.807, 2.05) is 0 Å². The van der Waals surface area contributed by atoms with Crippen LogP contribution in [0.25, 0.3) is 11.1 Å². The summed E-state index contributed by atoms with van der Waals surface area (Å²) in [5.41, 5.74) is 3.66. The predicted octanol–water partition coefficient (Wildman–Crippen LogP) is 2.18. The highest BCUT2D eigenvalue weighted by Gasteiger charge is 2.26. The summed E-state index contributed by atoms with van der Waals surface area (Å²) in [5.74, 6) is -0.465. The molecule has 5 nitrogen and oxygen atoms in total. The van der Waals surface area contributed by atoms with Crippen LogP contribution in [0.5, 0.6) is 0 Å². The zero-order valence-corrected chi connectivity index (χ0v) is 13.6. The normalized spacial score (nSPS) is 18.2. The van der Waals surface area contributed by atoms with Crippen molar-refractivity contribution < 1.29 is 17.9 Å². The number of pyridine rings is 1. The van der Waals surface area contributed by atoms with Crippen LogP contribution in [-0.4, -0.2) is 25.1 Å². The maximum atomic E-state index is 13.1. The minimum atomic E-state index is -3.74. The van der Waals surface area contributed by atoms with Crippen LogP contribution in [0, 0.1) is 11.9 Å². The number of sulfonamides is 1. The first kappa shape index (κ1) is 16.8. The summed E-state index contributed by atoms with van der Waals surface area (Å²) in [6, 6.07) is 9.29. The lowest BCUT2D eigenvalue weighted by molar-refractivity contribution is 0.235. The summed E-state index contributed by atoms with van der Waals surface area (Å²) in [6.07, 6.45) is 2.80. The molecule has 1 aromatic heterocycles. The van der Waals surface area contributed by atoms with Crippen LogP contribution < -0.4 is 5.14 Å². The van der Waals surface area contributed by atoms with Gasteiger partial charge in [0, 0.05) is 12.8 Å². The maximum absolute atomic E-state index is 13.1. The average Bonchev–Trinajstić information content (AvgIpc) is 2.99. The molecule has 1 aliphatic rings. The van der Waals surface area contributed by atoms with Gasteiger partial charge in [-0.3, -0.25) is 0 Å². The molecule has 1 unspecified atom stereocenters. The molecule has 2 aromatic rings. The first-order chi connectivity index (χ1) is 11.4. The Bertz CT molecular complexity index is 875. The van der Waals surface area contributed by atoms with Gasteiger partial charge in [0.15, 0.2) is 0 Å². The molecule has 1 atom stereocenters. The topological polar surface area (TPSA) is 93.3 Å². The van der Waals surface area contributed by atoms with Crippen LogP contribution in [-0.2, 0) is 10.0 Å². The van der Waals surface area contributed by atoms with Crippen molar-refractivity contribution in [2.45, 2.75) is 17.7 Å². The highest BCUT2D eigenvalue weighted by Crippen LogP contribution is 2.42. The minimum Gasteiger partial charge on any atom is -0.396 e. The fraction of sp³-hybridized carbons (Fsp3) is 0.235. The fourth-order valence-electron chi connectivity index (χ4n) is 3.01. The van der Waals surface area contributed by atoms with Gasteiger partial charge in [0.2, 0.25) is 16.0 Å². The number of nitrogens with zero attached hydrogens (tertiary/aromatic N) is 1. The summed E-state index contributed by atoms with van der Waals surface area (Å²) in [5, 5.41) is 14.6. The molecule has 24 heavy (non-hydrogen) atoms. The van der Waals surface area contributed by atoms with E-state index in [-0.39, 0.29) is 17.4 Å². The third-order valence-electron chi connectivity index (χ3n) is 4.22. The zero-order chi connectivity index (χ0) is 17.3. The van der Waals surface area contributed by atoms with Crippen LogP contribution in [0.2, 0.25) is 0 Å². The lowest BCUT2D eigenvalue weighted by atomic mass is 9.98. The van der Waals surface area contributed by atoms with Crippen LogP contribution in [0.1, 0.15) is 24.0 Å². The lowest BCUT2D eigenvalue weighted by Crippen LogP contribution is -2.11. The number of aliphatic hydroxyl groups excluding tert-OH is 1. The quantitative estimate of drug-likeness (QED) is 0.828. The van der Waals surface area contributed by atoms with Crippen molar-refractivity contribution in [3.8, 4) is 0 Å². The van der Waals surface area contributed by atoms with Crippen LogP contribution >= 0.6 is 0 Å². The Morgan fingerprint density at radius 3 is 2.17 bits per heavy atom. The molecule has 1 aliphatic carbocycles. The molecule has 126 valence electrons. The predicted molar refractivity (Wildman–Crippen MR) is 88.6 cm³/mol. The SMILES string of the molecule is NS(=O)(=O)c1ccc(C2=C(c3ccc(F)nc3)CC(CO)C2)cc1. The fourth-order valence-corrected chi connectivity index (χ4v) is 3.52. The van der Waals surface area contributed by atoms with Gasteiger partial charge in [0.1, 0.15) is 0 Å². The Morgan fingerprint density at radius 1 is 1.08 bits per heavy atom. The molecule has 0 fully saturated rings. The van der Waals surface area contributed by atoms with Crippen molar-refractivity contribution in [2.24, 2.45) is 11.1 Å². The van der Waals surface area contributed by atoms with Gasteiger partial charge in [-0.2, -0.15) is 4.39 Å². The molecule has 0 saturated carbocycles. The Hall–Kier alpha value is -2.09. The number of hydrogen-bond acceptors (Lipinski definition) is 4.